The summed E-state index contributed by atoms with van der Waals surface area (Å²) in [4.78, 5) is 12.3. The Morgan fingerprint density at radius 3 is 2.46 bits per heavy atom. The van der Waals surface area contributed by atoms with Gasteiger partial charge < -0.3 is 10.6 Å². The normalized spacial score (nSPS) is 11.8. The molecule has 0 radical (unpaired) electrons. The molecule has 0 aliphatic rings. The van der Waals surface area contributed by atoms with E-state index in [0.717, 1.165) is 29.7 Å². The summed E-state index contributed by atoms with van der Waals surface area (Å²) in [7, 11) is 0. The Balaban J connectivity index is 1.98. The molecule has 2 aromatic carbocycles. The molecule has 0 saturated heterocycles. The zero-order valence-corrected chi connectivity index (χ0v) is 14.9. The van der Waals surface area contributed by atoms with E-state index >= 15 is 0 Å². The van der Waals surface area contributed by atoms with Crippen LogP contribution in [0.25, 0.3) is 0 Å². The van der Waals surface area contributed by atoms with E-state index in [1.54, 1.807) is 0 Å². The molecule has 3 nitrogen and oxygen atoms in total. The third-order valence-corrected chi connectivity index (χ3v) is 4.27. The number of unbranched alkanes of at least 4 members (excludes halogenated alkanes) is 1. The first-order valence-corrected chi connectivity index (χ1v) is 8.86. The molecule has 0 bridgehead atoms. The fourth-order valence-electron chi connectivity index (χ4n) is 2.83. The molecule has 2 amide bonds. The van der Waals surface area contributed by atoms with Crippen molar-refractivity contribution in [3.8, 4) is 0 Å². The van der Waals surface area contributed by atoms with Crippen molar-refractivity contribution in [2.45, 2.75) is 52.5 Å². The van der Waals surface area contributed by atoms with Crippen molar-refractivity contribution >= 4 is 11.7 Å². The van der Waals surface area contributed by atoms with Crippen molar-refractivity contribution in [2.24, 2.45) is 0 Å². The fraction of sp³-hybridized carbons (Fsp3) is 0.381. The molecule has 24 heavy (non-hydrogen) atoms. The monoisotopic (exact) mass is 324 g/mol. The van der Waals surface area contributed by atoms with Crippen LogP contribution in [-0.2, 0) is 6.42 Å². The molecule has 0 spiro atoms. The molecule has 1 unspecified atom stereocenters. The average Bonchev–Trinajstić information content (AvgIpc) is 2.60. The summed E-state index contributed by atoms with van der Waals surface area (Å²) in [5, 5.41) is 6.04. The third-order valence-electron chi connectivity index (χ3n) is 4.27. The minimum Gasteiger partial charge on any atom is -0.331 e. The van der Waals surface area contributed by atoms with E-state index in [2.05, 4.69) is 36.6 Å². The van der Waals surface area contributed by atoms with Crippen LogP contribution in [0.5, 0.6) is 0 Å². The van der Waals surface area contributed by atoms with Crippen molar-refractivity contribution < 1.29 is 4.79 Å². The number of hydrogen-bond acceptors (Lipinski definition) is 1. The lowest BCUT2D eigenvalue weighted by atomic mass is 10.0. The van der Waals surface area contributed by atoms with E-state index < -0.39 is 0 Å². The minimum atomic E-state index is -0.157. The Morgan fingerprint density at radius 2 is 1.83 bits per heavy atom. The minimum absolute atomic E-state index is 0.0235. The van der Waals surface area contributed by atoms with Crippen LogP contribution in [0.15, 0.2) is 48.5 Å². The standard InChI is InChI=1S/C21H28N2O/c1-4-6-10-17-13-14-20(16(3)15-17)23-21(24)22-19(5-2)18-11-8-7-9-12-18/h7-9,11-15,19H,4-6,10H2,1-3H3,(H2,22,23,24). The van der Waals surface area contributed by atoms with Crippen molar-refractivity contribution in [3.63, 3.8) is 0 Å². The van der Waals surface area contributed by atoms with Gasteiger partial charge >= 0.3 is 6.03 Å². The molecule has 0 saturated carbocycles. The molecule has 2 N–H and O–H groups in total. The molecule has 0 aromatic heterocycles. The van der Waals surface area contributed by atoms with E-state index in [1.807, 2.05) is 43.3 Å². The van der Waals surface area contributed by atoms with Crippen molar-refractivity contribution in [1.82, 2.24) is 5.32 Å². The number of benzene rings is 2. The van der Waals surface area contributed by atoms with Crippen LogP contribution in [-0.4, -0.2) is 6.03 Å². The van der Waals surface area contributed by atoms with Gasteiger partial charge in [-0.1, -0.05) is 62.7 Å². The number of urea groups is 1. The highest BCUT2D eigenvalue weighted by atomic mass is 16.2. The lowest BCUT2D eigenvalue weighted by molar-refractivity contribution is 0.248. The molecule has 128 valence electrons. The second kappa shape index (κ2) is 9.11. The Labute approximate surface area is 145 Å². The highest BCUT2D eigenvalue weighted by molar-refractivity contribution is 5.90. The maximum absolute atomic E-state index is 12.3. The lowest BCUT2D eigenvalue weighted by Gasteiger charge is -2.18. The Morgan fingerprint density at radius 1 is 1.08 bits per heavy atom. The van der Waals surface area contributed by atoms with Gasteiger partial charge in [0.15, 0.2) is 0 Å². The average molecular weight is 324 g/mol. The molecule has 0 heterocycles. The van der Waals surface area contributed by atoms with Gasteiger partial charge in [0.25, 0.3) is 0 Å². The van der Waals surface area contributed by atoms with Crippen LogP contribution < -0.4 is 10.6 Å². The topological polar surface area (TPSA) is 41.1 Å². The molecular formula is C21H28N2O. The first kappa shape index (κ1) is 18.1. The number of carbonyl (C=O) groups is 1. The highest BCUT2D eigenvalue weighted by Crippen LogP contribution is 2.19. The van der Waals surface area contributed by atoms with Crippen LogP contribution in [0.3, 0.4) is 0 Å². The van der Waals surface area contributed by atoms with Gasteiger partial charge in [-0.15, -0.1) is 0 Å². The van der Waals surface area contributed by atoms with E-state index in [1.165, 1.54) is 18.4 Å². The molecule has 1 atom stereocenters. The number of carbonyl (C=O) groups excluding carboxylic acids is 1. The second-order valence-corrected chi connectivity index (χ2v) is 6.22. The maximum Gasteiger partial charge on any atom is 0.319 e. The number of anilines is 1. The lowest BCUT2D eigenvalue weighted by Crippen LogP contribution is -2.32. The molecule has 0 aliphatic carbocycles. The van der Waals surface area contributed by atoms with Gasteiger partial charge in [0.1, 0.15) is 0 Å². The van der Waals surface area contributed by atoms with E-state index in [-0.39, 0.29) is 12.1 Å². The number of rotatable bonds is 7. The summed E-state index contributed by atoms with van der Waals surface area (Å²) in [6, 6.07) is 16.2. The molecule has 0 fully saturated rings. The summed E-state index contributed by atoms with van der Waals surface area (Å²) >= 11 is 0. The summed E-state index contributed by atoms with van der Waals surface area (Å²) < 4.78 is 0. The number of aryl methyl sites for hydroxylation is 2. The van der Waals surface area contributed by atoms with Gasteiger partial charge in [-0.2, -0.15) is 0 Å². The zero-order valence-electron chi connectivity index (χ0n) is 14.9. The zero-order chi connectivity index (χ0) is 17.4. The van der Waals surface area contributed by atoms with Crippen LogP contribution in [0, 0.1) is 6.92 Å². The first-order valence-electron chi connectivity index (χ1n) is 8.86. The second-order valence-electron chi connectivity index (χ2n) is 6.22. The Kier molecular flexibility index (Phi) is 6.86. The molecular weight excluding hydrogens is 296 g/mol. The van der Waals surface area contributed by atoms with Gasteiger partial charge in [-0.25, -0.2) is 4.79 Å². The number of nitrogens with one attached hydrogen (secondary N) is 2. The van der Waals surface area contributed by atoms with Gasteiger partial charge in [0.05, 0.1) is 6.04 Å². The van der Waals surface area contributed by atoms with Crippen LogP contribution in [0.4, 0.5) is 10.5 Å². The van der Waals surface area contributed by atoms with Crippen molar-refractivity contribution in [1.29, 1.82) is 0 Å². The predicted molar refractivity (Wildman–Crippen MR) is 101 cm³/mol. The van der Waals surface area contributed by atoms with Crippen molar-refractivity contribution in [2.75, 3.05) is 5.32 Å². The summed E-state index contributed by atoms with van der Waals surface area (Å²) in [5.74, 6) is 0. The van der Waals surface area contributed by atoms with Crippen LogP contribution in [0.1, 0.15) is 55.8 Å². The largest absolute Gasteiger partial charge is 0.331 e. The molecule has 3 heteroatoms. The summed E-state index contributed by atoms with van der Waals surface area (Å²) in [5.41, 5.74) is 4.43. The first-order chi connectivity index (χ1) is 11.6. The molecule has 2 aromatic rings. The third kappa shape index (κ3) is 5.12. The SMILES string of the molecule is CCCCc1ccc(NC(=O)NC(CC)c2ccccc2)c(C)c1. The van der Waals surface area contributed by atoms with Crippen LogP contribution >= 0.6 is 0 Å². The number of amides is 2. The van der Waals surface area contributed by atoms with E-state index in [9.17, 15) is 4.79 Å². The quantitative estimate of drug-likeness (QED) is 0.683. The van der Waals surface area contributed by atoms with Crippen LogP contribution in [0.2, 0.25) is 0 Å². The summed E-state index contributed by atoms with van der Waals surface area (Å²) in [6.45, 7) is 6.31. The van der Waals surface area contributed by atoms with Gasteiger partial charge in [0.2, 0.25) is 0 Å². The highest BCUT2D eigenvalue weighted by Gasteiger charge is 2.13. The Hall–Kier alpha value is -2.29. The molecule has 2 rings (SSSR count). The van der Waals surface area contributed by atoms with E-state index in [4.69, 9.17) is 0 Å². The maximum atomic E-state index is 12.3. The fourth-order valence-corrected chi connectivity index (χ4v) is 2.83. The predicted octanol–water partition coefficient (Wildman–Crippen LogP) is 5.61. The smallest absolute Gasteiger partial charge is 0.319 e. The number of hydrogen-bond donors (Lipinski definition) is 2. The van der Waals surface area contributed by atoms with Gasteiger partial charge in [-0.05, 0) is 48.9 Å². The van der Waals surface area contributed by atoms with E-state index in [0.29, 0.717) is 0 Å². The van der Waals surface area contributed by atoms with Gasteiger partial charge in [0, 0.05) is 5.69 Å². The summed E-state index contributed by atoms with van der Waals surface area (Å²) in [6.07, 6.45) is 4.34. The molecule has 0 aliphatic heterocycles. The van der Waals surface area contributed by atoms with Gasteiger partial charge in [-0.3, -0.25) is 0 Å². The van der Waals surface area contributed by atoms with Crippen molar-refractivity contribution in [3.05, 3.63) is 65.2 Å². The Bertz CT molecular complexity index is 652.